The van der Waals surface area contributed by atoms with Gasteiger partial charge < -0.3 is 4.74 Å². The normalized spacial score (nSPS) is 14.3. The summed E-state index contributed by atoms with van der Waals surface area (Å²) >= 11 is 1.72. The number of ether oxygens (including phenoxy) is 1. The molecule has 1 aromatic rings. The summed E-state index contributed by atoms with van der Waals surface area (Å²) in [5.41, 5.74) is 0. The second-order valence-electron chi connectivity index (χ2n) is 4.00. The van der Waals surface area contributed by atoms with E-state index < -0.39 is 0 Å². The Morgan fingerprint density at radius 3 is 2.82 bits per heavy atom. The van der Waals surface area contributed by atoms with Gasteiger partial charge in [0.25, 0.3) is 0 Å². The van der Waals surface area contributed by atoms with Gasteiger partial charge in [-0.25, -0.2) is 0 Å². The number of carbonyl (C=O) groups is 1. The molecule has 0 amide bonds. The molecular formula is C13H21NO2S. The van der Waals surface area contributed by atoms with Crippen LogP contribution in [0.15, 0.2) is 17.5 Å². The quantitative estimate of drug-likeness (QED) is 0.761. The van der Waals surface area contributed by atoms with Crippen LogP contribution in [0.1, 0.15) is 44.5 Å². The van der Waals surface area contributed by atoms with Crippen molar-refractivity contribution in [2.45, 2.75) is 45.7 Å². The van der Waals surface area contributed by atoms with Crippen LogP contribution in [0.2, 0.25) is 0 Å². The molecule has 0 aromatic carbocycles. The Balaban J connectivity index is 2.58. The van der Waals surface area contributed by atoms with Gasteiger partial charge in [-0.2, -0.15) is 0 Å². The molecule has 1 N–H and O–H groups in total. The third-order valence-electron chi connectivity index (χ3n) is 2.56. The van der Waals surface area contributed by atoms with Gasteiger partial charge in [-0.05, 0) is 31.7 Å². The first kappa shape index (κ1) is 14.2. The Labute approximate surface area is 107 Å². The van der Waals surface area contributed by atoms with E-state index in [1.165, 1.54) is 4.88 Å². The molecule has 0 fully saturated rings. The summed E-state index contributed by atoms with van der Waals surface area (Å²) in [7, 11) is 0. The lowest BCUT2D eigenvalue weighted by molar-refractivity contribution is -0.145. The van der Waals surface area contributed by atoms with Crippen LogP contribution in [-0.2, 0) is 9.53 Å². The van der Waals surface area contributed by atoms with Crippen LogP contribution in [-0.4, -0.2) is 18.6 Å². The van der Waals surface area contributed by atoms with Crippen LogP contribution in [0, 0.1) is 0 Å². The number of rotatable bonds is 7. The number of thiophene rings is 1. The molecule has 0 spiro atoms. The average Bonchev–Trinajstić information content (AvgIpc) is 2.82. The first-order valence-electron chi connectivity index (χ1n) is 6.15. The zero-order valence-electron chi connectivity index (χ0n) is 10.7. The fourth-order valence-electron chi connectivity index (χ4n) is 1.72. The van der Waals surface area contributed by atoms with Crippen molar-refractivity contribution in [1.29, 1.82) is 0 Å². The highest BCUT2D eigenvalue weighted by molar-refractivity contribution is 7.10. The van der Waals surface area contributed by atoms with E-state index in [4.69, 9.17) is 4.74 Å². The molecule has 3 nitrogen and oxygen atoms in total. The van der Waals surface area contributed by atoms with Crippen molar-refractivity contribution in [3.8, 4) is 0 Å². The van der Waals surface area contributed by atoms with E-state index >= 15 is 0 Å². The number of nitrogens with one attached hydrogen (secondary N) is 1. The van der Waals surface area contributed by atoms with Gasteiger partial charge in [-0.1, -0.05) is 19.4 Å². The molecule has 4 heteroatoms. The van der Waals surface area contributed by atoms with Crippen LogP contribution in [0.3, 0.4) is 0 Å². The summed E-state index contributed by atoms with van der Waals surface area (Å²) in [5, 5.41) is 5.40. The molecule has 0 bridgehead atoms. The molecule has 0 aliphatic rings. The van der Waals surface area contributed by atoms with Crippen LogP contribution in [0.25, 0.3) is 0 Å². The van der Waals surface area contributed by atoms with Gasteiger partial charge in [-0.15, -0.1) is 11.3 Å². The zero-order chi connectivity index (χ0) is 12.7. The van der Waals surface area contributed by atoms with Crippen molar-refractivity contribution in [1.82, 2.24) is 5.32 Å². The molecule has 1 aromatic heterocycles. The molecule has 1 heterocycles. The lowest BCUT2D eigenvalue weighted by atomic mass is 10.1. The summed E-state index contributed by atoms with van der Waals surface area (Å²) < 4.78 is 5.00. The lowest BCUT2D eigenvalue weighted by Gasteiger charge is -2.21. The summed E-state index contributed by atoms with van der Waals surface area (Å²) in [6.45, 7) is 6.27. The summed E-state index contributed by atoms with van der Waals surface area (Å²) in [5.74, 6) is -0.176. The fourth-order valence-corrected chi connectivity index (χ4v) is 2.54. The minimum atomic E-state index is -0.256. The monoisotopic (exact) mass is 255 g/mol. The molecule has 96 valence electrons. The smallest absolute Gasteiger partial charge is 0.322 e. The first-order chi connectivity index (χ1) is 8.19. The Morgan fingerprint density at radius 2 is 2.29 bits per heavy atom. The molecular weight excluding hydrogens is 234 g/mol. The number of hydrogen-bond acceptors (Lipinski definition) is 4. The van der Waals surface area contributed by atoms with Crippen LogP contribution < -0.4 is 5.32 Å². The predicted octanol–water partition coefficient (Wildman–Crippen LogP) is 3.13. The minimum Gasteiger partial charge on any atom is -0.465 e. The van der Waals surface area contributed by atoms with E-state index in [2.05, 4.69) is 23.7 Å². The molecule has 0 radical (unpaired) electrons. The van der Waals surface area contributed by atoms with E-state index in [1.54, 1.807) is 11.3 Å². The van der Waals surface area contributed by atoms with Gasteiger partial charge in [0.05, 0.1) is 6.61 Å². The highest BCUT2D eigenvalue weighted by atomic mass is 32.1. The topological polar surface area (TPSA) is 38.3 Å². The number of hydrogen-bond donors (Lipinski definition) is 1. The van der Waals surface area contributed by atoms with Gasteiger partial charge in [-0.3, -0.25) is 10.1 Å². The van der Waals surface area contributed by atoms with E-state index in [0.717, 1.165) is 12.8 Å². The fraction of sp³-hybridized carbons (Fsp3) is 0.615. The molecule has 0 aliphatic heterocycles. The van der Waals surface area contributed by atoms with Gasteiger partial charge in [0.15, 0.2) is 0 Å². The average molecular weight is 255 g/mol. The minimum absolute atomic E-state index is 0.176. The predicted molar refractivity (Wildman–Crippen MR) is 71.2 cm³/mol. The lowest BCUT2D eigenvalue weighted by Crippen LogP contribution is -2.37. The summed E-state index contributed by atoms with van der Waals surface area (Å²) in [4.78, 5) is 12.9. The molecule has 0 saturated carbocycles. The van der Waals surface area contributed by atoms with Crippen molar-refractivity contribution in [3.05, 3.63) is 22.4 Å². The van der Waals surface area contributed by atoms with E-state index in [-0.39, 0.29) is 18.1 Å². The molecule has 17 heavy (non-hydrogen) atoms. The Morgan fingerprint density at radius 1 is 1.53 bits per heavy atom. The maximum atomic E-state index is 11.6. The highest BCUT2D eigenvalue weighted by Gasteiger charge is 2.19. The van der Waals surface area contributed by atoms with Crippen molar-refractivity contribution in [3.63, 3.8) is 0 Å². The largest absolute Gasteiger partial charge is 0.465 e. The summed E-state index contributed by atoms with van der Waals surface area (Å²) in [6, 6.07) is 4.14. The van der Waals surface area contributed by atoms with Crippen LogP contribution in [0.5, 0.6) is 0 Å². The third-order valence-corrected chi connectivity index (χ3v) is 3.54. The highest BCUT2D eigenvalue weighted by Crippen LogP contribution is 2.23. The maximum absolute atomic E-state index is 11.6. The number of carbonyl (C=O) groups excluding carboxylic acids is 1. The Kier molecular flexibility index (Phi) is 6.22. The third kappa shape index (κ3) is 4.48. The van der Waals surface area contributed by atoms with Gasteiger partial charge in [0.1, 0.15) is 6.04 Å². The van der Waals surface area contributed by atoms with E-state index in [1.807, 2.05) is 19.9 Å². The standard InChI is InChI=1S/C13H21NO2S/c1-4-7-11(12-8-6-9-17-12)14-10(3)13(15)16-5-2/h6,8-11,14H,4-5,7H2,1-3H3. The zero-order valence-corrected chi connectivity index (χ0v) is 11.5. The van der Waals surface area contributed by atoms with E-state index in [0.29, 0.717) is 6.61 Å². The van der Waals surface area contributed by atoms with Crippen LogP contribution in [0.4, 0.5) is 0 Å². The Bertz CT molecular complexity index is 324. The second kappa shape index (κ2) is 7.45. The van der Waals surface area contributed by atoms with Crippen molar-refractivity contribution < 1.29 is 9.53 Å². The van der Waals surface area contributed by atoms with E-state index in [9.17, 15) is 4.79 Å². The SMILES string of the molecule is CCCC(NC(C)C(=O)OCC)c1cccs1. The molecule has 2 atom stereocenters. The first-order valence-corrected chi connectivity index (χ1v) is 7.03. The van der Waals surface area contributed by atoms with Crippen LogP contribution >= 0.6 is 11.3 Å². The Hall–Kier alpha value is -0.870. The summed E-state index contributed by atoms with van der Waals surface area (Å²) in [6.07, 6.45) is 2.12. The van der Waals surface area contributed by atoms with Crippen molar-refractivity contribution in [2.75, 3.05) is 6.61 Å². The van der Waals surface area contributed by atoms with Gasteiger partial charge in [0, 0.05) is 10.9 Å². The van der Waals surface area contributed by atoms with Gasteiger partial charge in [0.2, 0.25) is 0 Å². The van der Waals surface area contributed by atoms with Crippen molar-refractivity contribution in [2.24, 2.45) is 0 Å². The maximum Gasteiger partial charge on any atom is 0.322 e. The molecule has 1 rings (SSSR count). The molecule has 2 unspecified atom stereocenters. The second-order valence-corrected chi connectivity index (χ2v) is 4.98. The molecule has 0 aliphatic carbocycles. The number of esters is 1. The van der Waals surface area contributed by atoms with Gasteiger partial charge >= 0.3 is 5.97 Å². The van der Waals surface area contributed by atoms with Crippen molar-refractivity contribution >= 4 is 17.3 Å². The molecule has 0 saturated heterocycles.